The predicted molar refractivity (Wildman–Crippen MR) is 66.9 cm³/mol. The Balaban J connectivity index is 2.89. The molecule has 0 radical (unpaired) electrons. The highest BCUT2D eigenvalue weighted by Crippen LogP contribution is 2.22. The molecule has 0 fully saturated rings. The molecule has 0 aliphatic heterocycles. The molecule has 1 aromatic carbocycles. The third kappa shape index (κ3) is 3.39. The molecular formula is C13H16N2O3. The second-order valence-electron chi connectivity index (χ2n) is 3.63. The molecule has 0 aliphatic carbocycles. The standard InChI is InChI=1S/C13H16N2O3/c1-3-11(13(16)17-4-2)18-12-6-5-10(15)7-9(12)8-14/h5-7,11H,3-4,15H2,1-2H3. The normalized spacial score (nSPS) is 11.4. The summed E-state index contributed by atoms with van der Waals surface area (Å²) in [4.78, 5) is 11.6. The fraction of sp³-hybridized carbons (Fsp3) is 0.385. The van der Waals surface area contributed by atoms with Crippen LogP contribution in [0.25, 0.3) is 0 Å². The predicted octanol–water partition coefficient (Wildman–Crippen LogP) is 1.86. The number of nitrogens with two attached hydrogens (primary N) is 1. The molecule has 18 heavy (non-hydrogen) atoms. The molecule has 1 unspecified atom stereocenters. The van der Waals surface area contributed by atoms with Gasteiger partial charge in [-0.3, -0.25) is 0 Å². The summed E-state index contributed by atoms with van der Waals surface area (Å²) in [5, 5.41) is 8.97. The van der Waals surface area contributed by atoms with E-state index in [0.29, 0.717) is 30.0 Å². The summed E-state index contributed by atoms with van der Waals surface area (Å²) < 4.78 is 10.4. The zero-order valence-corrected chi connectivity index (χ0v) is 10.5. The van der Waals surface area contributed by atoms with Crippen molar-refractivity contribution in [2.45, 2.75) is 26.4 Å². The number of hydrogen-bond acceptors (Lipinski definition) is 5. The van der Waals surface area contributed by atoms with Crippen molar-refractivity contribution in [2.24, 2.45) is 0 Å². The van der Waals surface area contributed by atoms with Gasteiger partial charge in [-0.15, -0.1) is 0 Å². The van der Waals surface area contributed by atoms with E-state index in [0.717, 1.165) is 0 Å². The number of ether oxygens (including phenoxy) is 2. The van der Waals surface area contributed by atoms with Gasteiger partial charge in [-0.2, -0.15) is 5.26 Å². The minimum absolute atomic E-state index is 0.297. The number of hydrogen-bond donors (Lipinski definition) is 1. The maximum atomic E-state index is 11.6. The molecule has 0 heterocycles. The number of nitrogens with zero attached hydrogens (tertiary/aromatic N) is 1. The van der Waals surface area contributed by atoms with Gasteiger partial charge in [0.2, 0.25) is 0 Å². The number of rotatable bonds is 5. The zero-order chi connectivity index (χ0) is 13.5. The number of carbonyl (C=O) groups excluding carboxylic acids is 1. The molecule has 1 rings (SSSR count). The van der Waals surface area contributed by atoms with Gasteiger partial charge in [-0.25, -0.2) is 4.79 Å². The Kier molecular flexibility index (Phi) is 5.00. The van der Waals surface area contributed by atoms with E-state index in [1.165, 1.54) is 6.07 Å². The lowest BCUT2D eigenvalue weighted by Gasteiger charge is -2.16. The SMILES string of the molecule is CCOC(=O)C(CC)Oc1ccc(N)cc1C#N. The van der Waals surface area contributed by atoms with Crippen LogP contribution in [0.2, 0.25) is 0 Å². The molecule has 1 atom stereocenters. The van der Waals surface area contributed by atoms with Crippen molar-refractivity contribution >= 4 is 11.7 Å². The molecule has 0 saturated heterocycles. The molecule has 5 nitrogen and oxygen atoms in total. The van der Waals surface area contributed by atoms with E-state index in [1.54, 1.807) is 19.1 Å². The molecule has 0 saturated carbocycles. The van der Waals surface area contributed by atoms with E-state index >= 15 is 0 Å². The second-order valence-corrected chi connectivity index (χ2v) is 3.63. The third-order valence-corrected chi connectivity index (χ3v) is 2.31. The van der Waals surface area contributed by atoms with Gasteiger partial charge < -0.3 is 15.2 Å². The van der Waals surface area contributed by atoms with E-state index in [9.17, 15) is 4.79 Å². The minimum atomic E-state index is -0.708. The molecule has 0 aliphatic rings. The van der Waals surface area contributed by atoms with Crippen molar-refractivity contribution in [3.8, 4) is 11.8 Å². The molecule has 1 aromatic rings. The van der Waals surface area contributed by atoms with E-state index in [4.69, 9.17) is 20.5 Å². The first kappa shape index (κ1) is 13.8. The Hall–Kier alpha value is -2.22. The number of anilines is 1. The van der Waals surface area contributed by atoms with Crippen LogP contribution >= 0.6 is 0 Å². The fourth-order valence-corrected chi connectivity index (χ4v) is 1.42. The van der Waals surface area contributed by atoms with E-state index in [-0.39, 0.29) is 0 Å². The van der Waals surface area contributed by atoms with E-state index in [1.807, 2.05) is 13.0 Å². The Labute approximate surface area is 106 Å². The lowest BCUT2D eigenvalue weighted by atomic mass is 10.2. The highest BCUT2D eigenvalue weighted by molar-refractivity contribution is 5.75. The van der Waals surface area contributed by atoms with Crippen LogP contribution in [-0.4, -0.2) is 18.7 Å². The van der Waals surface area contributed by atoms with Gasteiger partial charge in [0.1, 0.15) is 11.8 Å². The first-order chi connectivity index (χ1) is 8.62. The van der Waals surface area contributed by atoms with Crippen LogP contribution in [0.1, 0.15) is 25.8 Å². The molecule has 0 aromatic heterocycles. The van der Waals surface area contributed by atoms with Gasteiger partial charge in [-0.05, 0) is 31.5 Å². The van der Waals surface area contributed by atoms with E-state index in [2.05, 4.69) is 0 Å². The topological polar surface area (TPSA) is 85.3 Å². The van der Waals surface area contributed by atoms with Gasteiger partial charge >= 0.3 is 5.97 Å². The number of benzene rings is 1. The highest BCUT2D eigenvalue weighted by atomic mass is 16.6. The average molecular weight is 248 g/mol. The lowest BCUT2D eigenvalue weighted by molar-refractivity contribution is -0.151. The average Bonchev–Trinajstić information content (AvgIpc) is 2.37. The van der Waals surface area contributed by atoms with Crippen LogP contribution in [0.3, 0.4) is 0 Å². The largest absolute Gasteiger partial charge is 0.477 e. The maximum Gasteiger partial charge on any atom is 0.347 e. The molecule has 5 heteroatoms. The Morgan fingerprint density at radius 1 is 1.50 bits per heavy atom. The third-order valence-electron chi connectivity index (χ3n) is 2.31. The van der Waals surface area contributed by atoms with E-state index < -0.39 is 12.1 Å². The van der Waals surface area contributed by atoms with Crippen molar-refractivity contribution in [1.82, 2.24) is 0 Å². The van der Waals surface area contributed by atoms with Gasteiger partial charge in [0.15, 0.2) is 6.10 Å². The number of nitrogen functional groups attached to an aromatic ring is 1. The van der Waals surface area contributed by atoms with Crippen LogP contribution in [0.5, 0.6) is 5.75 Å². The first-order valence-corrected chi connectivity index (χ1v) is 5.75. The van der Waals surface area contributed by atoms with Crippen molar-refractivity contribution in [1.29, 1.82) is 5.26 Å². The quantitative estimate of drug-likeness (QED) is 0.635. The first-order valence-electron chi connectivity index (χ1n) is 5.75. The summed E-state index contributed by atoms with van der Waals surface area (Å²) in [6.45, 7) is 3.84. The van der Waals surface area contributed by atoms with Gasteiger partial charge in [-0.1, -0.05) is 6.92 Å². The lowest BCUT2D eigenvalue weighted by Crippen LogP contribution is -2.29. The molecule has 2 N–H and O–H groups in total. The van der Waals surface area contributed by atoms with Crippen LogP contribution in [0.15, 0.2) is 18.2 Å². The van der Waals surface area contributed by atoms with Crippen molar-refractivity contribution in [3.05, 3.63) is 23.8 Å². The molecule has 0 bridgehead atoms. The summed E-state index contributed by atoms with van der Waals surface area (Å²) >= 11 is 0. The fourth-order valence-electron chi connectivity index (χ4n) is 1.42. The Morgan fingerprint density at radius 3 is 2.78 bits per heavy atom. The zero-order valence-electron chi connectivity index (χ0n) is 10.5. The molecule has 0 spiro atoms. The Bertz CT molecular complexity index is 466. The smallest absolute Gasteiger partial charge is 0.347 e. The molecule has 0 amide bonds. The van der Waals surface area contributed by atoms with Crippen LogP contribution in [0.4, 0.5) is 5.69 Å². The maximum absolute atomic E-state index is 11.6. The minimum Gasteiger partial charge on any atom is -0.477 e. The molecule has 96 valence electrons. The summed E-state index contributed by atoms with van der Waals surface area (Å²) in [6, 6.07) is 6.69. The highest BCUT2D eigenvalue weighted by Gasteiger charge is 2.20. The number of esters is 1. The molecular weight excluding hydrogens is 232 g/mol. The summed E-state index contributed by atoms with van der Waals surface area (Å²) in [6.07, 6.45) is -0.241. The van der Waals surface area contributed by atoms with Crippen LogP contribution in [0, 0.1) is 11.3 Å². The van der Waals surface area contributed by atoms with Gasteiger partial charge in [0, 0.05) is 5.69 Å². The monoisotopic (exact) mass is 248 g/mol. The van der Waals surface area contributed by atoms with Crippen LogP contribution in [-0.2, 0) is 9.53 Å². The number of carbonyl (C=O) groups is 1. The summed E-state index contributed by atoms with van der Waals surface area (Å²) in [7, 11) is 0. The summed E-state index contributed by atoms with van der Waals surface area (Å²) in [5.41, 5.74) is 6.35. The van der Waals surface area contributed by atoms with Crippen molar-refractivity contribution in [3.63, 3.8) is 0 Å². The summed E-state index contributed by atoms with van der Waals surface area (Å²) in [5.74, 6) is -0.0904. The van der Waals surface area contributed by atoms with Crippen LogP contribution < -0.4 is 10.5 Å². The van der Waals surface area contributed by atoms with Gasteiger partial charge in [0.25, 0.3) is 0 Å². The van der Waals surface area contributed by atoms with Gasteiger partial charge in [0.05, 0.1) is 12.2 Å². The van der Waals surface area contributed by atoms with Crippen molar-refractivity contribution < 1.29 is 14.3 Å². The second kappa shape index (κ2) is 6.50. The number of nitriles is 1. The van der Waals surface area contributed by atoms with Crippen molar-refractivity contribution in [2.75, 3.05) is 12.3 Å². The Morgan fingerprint density at radius 2 is 2.22 bits per heavy atom.